The molecule has 6 nitrogen and oxygen atoms in total. The Bertz CT molecular complexity index is 2020. The minimum absolute atomic E-state index is 0.210. The molecule has 0 amide bonds. The summed E-state index contributed by atoms with van der Waals surface area (Å²) in [6.07, 6.45) is 3.94. The number of fused-ring (bicyclic) bond motifs is 2. The minimum atomic E-state index is -0.635. The fourth-order valence-electron chi connectivity index (χ4n) is 5.24. The molecule has 3 aromatic carbocycles. The zero-order chi connectivity index (χ0) is 28.7. The smallest absolute Gasteiger partial charge is 0.338 e. The normalized spacial score (nSPS) is 15.2. The van der Waals surface area contributed by atoms with E-state index in [1.807, 2.05) is 72.9 Å². The Labute approximate surface area is 250 Å². The molecule has 5 aromatic rings. The molecule has 0 spiro atoms. The first-order valence-corrected chi connectivity index (χ1v) is 14.7. The Hall–Kier alpha value is -3.91. The number of thiazole rings is 1. The van der Waals surface area contributed by atoms with Gasteiger partial charge in [-0.05, 0) is 49.2 Å². The van der Waals surface area contributed by atoms with E-state index in [1.54, 1.807) is 24.5 Å². The third-order valence-electron chi connectivity index (χ3n) is 7.08. The summed E-state index contributed by atoms with van der Waals surface area (Å²) in [6.45, 7) is 4.37. The van der Waals surface area contributed by atoms with Gasteiger partial charge in [0.15, 0.2) is 4.80 Å². The van der Waals surface area contributed by atoms with E-state index in [2.05, 4.69) is 15.6 Å². The topological polar surface area (TPSA) is 65.6 Å². The number of rotatable bonds is 6. The van der Waals surface area contributed by atoms with Gasteiger partial charge in [0.2, 0.25) is 0 Å². The maximum absolute atomic E-state index is 14.0. The molecular formula is C32H25Cl2N3O3S. The van der Waals surface area contributed by atoms with E-state index in [1.165, 1.54) is 11.3 Å². The molecule has 0 fully saturated rings. The fraction of sp³-hybridized carbons (Fsp3) is 0.156. The van der Waals surface area contributed by atoms with Crippen molar-refractivity contribution in [1.29, 1.82) is 0 Å². The summed E-state index contributed by atoms with van der Waals surface area (Å²) in [7, 11) is 0. The average Bonchev–Trinajstić information content (AvgIpc) is 3.47. The van der Waals surface area contributed by atoms with Crippen LogP contribution in [0.3, 0.4) is 0 Å². The number of halogens is 2. The summed E-state index contributed by atoms with van der Waals surface area (Å²) in [5.74, 6) is -0.470. The second kappa shape index (κ2) is 11.2. The summed E-state index contributed by atoms with van der Waals surface area (Å²) in [6, 6.07) is 22.6. The van der Waals surface area contributed by atoms with Crippen LogP contribution in [0.15, 0.2) is 100 Å². The lowest BCUT2D eigenvalue weighted by molar-refractivity contribution is -0.139. The Morgan fingerprint density at radius 1 is 1.05 bits per heavy atom. The van der Waals surface area contributed by atoms with Gasteiger partial charge in [-0.1, -0.05) is 89.1 Å². The second-order valence-corrected chi connectivity index (χ2v) is 11.5. The number of para-hydroxylation sites is 1. The van der Waals surface area contributed by atoms with E-state index < -0.39 is 12.0 Å². The second-order valence-electron chi connectivity index (χ2n) is 9.69. The first-order valence-electron chi connectivity index (χ1n) is 13.1. The summed E-state index contributed by atoms with van der Waals surface area (Å²) in [5, 5.41) is 2.04. The molecule has 206 valence electrons. The van der Waals surface area contributed by atoms with Crippen LogP contribution in [0.2, 0.25) is 10.0 Å². The Balaban J connectivity index is 1.50. The van der Waals surface area contributed by atoms with Crippen LogP contribution in [0, 0.1) is 0 Å². The molecule has 0 saturated heterocycles. The molecule has 6 rings (SSSR count). The summed E-state index contributed by atoms with van der Waals surface area (Å²) in [4.78, 5) is 32.3. The number of hydrogen-bond acceptors (Lipinski definition) is 5. The monoisotopic (exact) mass is 601 g/mol. The zero-order valence-corrected chi connectivity index (χ0v) is 24.6. The standard InChI is InChI=1S/C32H25Cl2N3O3S/c1-3-40-31(39)28-19(2)35-32-37(29(28)21-9-5-4-6-10-21)30(38)27(41-32)16-22-18-36(26-12-8-7-11-23(22)26)17-20-13-14-24(33)25(34)15-20/h4-16,18,29H,3,17H2,1-2H3/b27-16+/t29-/m0/s1. The number of carbonyl (C=O) groups excluding carboxylic acids is 1. The zero-order valence-electron chi connectivity index (χ0n) is 22.3. The van der Waals surface area contributed by atoms with E-state index >= 15 is 0 Å². The molecule has 0 aliphatic carbocycles. The van der Waals surface area contributed by atoms with Crippen LogP contribution in [0.4, 0.5) is 0 Å². The van der Waals surface area contributed by atoms with E-state index in [4.69, 9.17) is 27.9 Å². The third kappa shape index (κ3) is 5.05. The maximum atomic E-state index is 14.0. The van der Waals surface area contributed by atoms with Gasteiger partial charge in [-0.25, -0.2) is 9.79 Å². The van der Waals surface area contributed by atoms with E-state index in [0.29, 0.717) is 37.2 Å². The van der Waals surface area contributed by atoms with E-state index in [-0.39, 0.29) is 12.2 Å². The largest absolute Gasteiger partial charge is 0.463 e. The van der Waals surface area contributed by atoms with Gasteiger partial charge in [-0.3, -0.25) is 9.36 Å². The van der Waals surface area contributed by atoms with Gasteiger partial charge in [0.1, 0.15) is 0 Å². The Morgan fingerprint density at radius 3 is 2.56 bits per heavy atom. The number of carbonyl (C=O) groups is 1. The maximum Gasteiger partial charge on any atom is 0.338 e. The Kier molecular flexibility index (Phi) is 7.43. The highest BCUT2D eigenvalue weighted by molar-refractivity contribution is 7.07. The predicted octanol–water partition coefficient (Wildman–Crippen LogP) is 6.11. The summed E-state index contributed by atoms with van der Waals surface area (Å²) < 4.78 is 9.65. The number of nitrogens with zero attached hydrogens (tertiary/aromatic N) is 3. The van der Waals surface area contributed by atoms with Crippen LogP contribution in [0.25, 0.3) is 17.0 Å². The van der Waals surface area contributed by atoms with Crippen molar-refractivity contribution in [3.05, 3.63) is 137 Å². The van der Waals surface area contributed by atoms with Crippen molar-refractivity contribution >= 4 is 57.5 Å². The molecule has 0 saturated carbocycles. The van der Waals surface area contributed by atoms with Crippen LogP contribution >= 0.6 is 34.5 Å². The molecule has 3 heterocycles. The van der Waals surface area contributed by atoms with Crippen molar-refractivity contribution in [2.24, 2.45) is 4.99 Å². The SMILES string of the molecule is CCOC(=O)C1=C(C)N=c2s/c(=C/c3cn(Cc4ccc(Cl)c(Cl)c4)c4ccccc34)c(=O)n2[C@H]1c1ccccc1. The molecule has 9 heteroatoms. The molecule has 41 heavy (non-hydrogen) atoms. The van der Waals surface area contributed by atoms with Crippen molar-refractivity contribution in [3.8, 4) is 0 Å². The number of allylic oxidation sites excluding steroid dienone is 1. The highest BCUT2D eigenvalue weighted by atomic mass is 35.5. The number of ether oxygens (including phenoxy) is 1. The van der Waals surface area contributed by atoms with Gasteiger partial charge in [0, 0.05) is 29.2 Å². The lowest BCUT2D eigenvalue weighted by Crippen LogP contribution is -2.39. The van der Waals surface area contributed by atoms with Crippen LogP contribution in [0.1, 0.15) is 36.6 Å². The number of esters is 1. The summed E-state index contributed by atoms with van der Waals surface area (Å²) in [5.41, 5.74) is 4.46. The molecule has 0 radical (unpaired) electrons. The fourth-order valence-corrected chi connectivity index (χ4v) is 6.60. The Morgan fingerprint density at radius 2 is 1.80 bits per heavy atom. The molecular weight excluding hydrogens is 577 g/mol. The molecule has 0 N–H and O–H groups in total. The highest BCUT2D eigenvalue weighted by Gasteiger charge is 2.33. The lowest BCUT2D eigenvalue weighted by atomic mass is 9.96. The first-order chi connectivity index (χ1) is 19.9. The average molecular weight is 603 g/mol. The van der Waals surface area contributed by atoms with Crippen molar-refractivity contribution < 1.29 is 9.53 Å². The minimum Gasteiger partial charge on any atom is -0.463 e. The van der Waals surface area contributed by atoms with Crippen molar-refractivity contribution in [3.63, 3.8) is 0 Å². The van der Waals surface area contributed by atoms with Gasteiger partial charge in [0.25, 0.3) is 5.56 Å². The van der Waals surface area contributed by atoms with E-state index in [9.17, 15) is 9.59 Å². The van der Waals surface area contributed by atoms with Crippen molar-refractivity contribution in [2.75, 3.05) is 6.61 Å². The predicted molar refractivity (Wildman–Crippen MR) is 164 cm³/mol. The quantitative estimate of drug-likeness (QED) is 0.221. The number of benzene rings is 3. The third-order valence-corrected chi connectivity index (χ3v) is 8.80. The van der Waals surface area contributed by atoms with Crippen LogP contribution in [-0.4, -0.2) is 21.7 Å². The summed E-state index contributed by atoms with van der Waals surface area (Å²) >= 11 is 13.7. The lowest BCUT2D eigenvalue weighted by Gasteiger charge is -2.24. The number of hydrogen-bond donors (Lipinski definition) is 0. The first kappa shape index (κ1) is 27.3. The van der Waals surface area contributed by atoms with Crippen LogP contribution < -0.4 is 14.9 Å². The van der Waals surface area contributed by atoms with E-state index in [0.717, 1.165) is 27.6 Å². The van der Waals surface area contributed by atoms with Gasteiger partial charge in [-0.2, -0.15) is 0 Å². The molecule has 0 bridgehead atoms. The van der Waals surface area contributed by atoms with Gasteiger partial charge < -0.3 is 9.30 Å². The molecule has 1 atom stereocenters. The van der Waals surface area contributed by atoms with Crippen LogP contribution in [-0.2, 0) is 16.1 Å². The molecule has 0 unspecified atom stereocenters. The van der Waals surface area contributed by atoms with Crippen molar-refractivity contribution in [2.45, 2.75) is 26.4 Å². The van der Waals surface area contributed by atoms with Crippen LogP contribution in [0.5, 0.6) is 0 Å². The van der Waals surface area contributed by atoms with Gasteiger partial charge in [0.05, 0.1) is 38.5 Å². The molecule has 2 aromatic heterocycles. The van der Waals surface area contributed by atoms with Crippen molar-refractivity contribution in [1.82, 2.24) is 9.13 Å². The highest BCUT2D eigenvalue weighted by Crippen LogP contribution is 2.31. The molecule has 1 aliphatic rings. The van der Waals surface area contributed by atoms with Gasteiger partial charge >= 0.3 is 5.97 Å². The number of aromatic nitrogens is 2. The van der Waals surface area contributed by atoms with Gasteiger partial charge in [-0.15, -0.1) is 0 Å². The molecule has 1 aliphatic heterocycles.